The normalized spacial score (nSPS) is 19.7. The second kappa shape index (κ2) is 7.48. The summed E-state index contributed by atoms with van der Waals surface area (Å²) in [5.41, 5.74) is 3.06. The number of benzene rings is 2. The Morgan fingerprint density at radius 1 is 1.04 bits per heavy atom. The maximum Gasteiger partial charge on any atom is 0.322 e. The smallest absolute Gasteiger partial charge is 0.322 e. The van der Waals surface area contributed by atoms with E-state index in [4.69, 9.17) is 0 Å². The highest BCUT2D eigenvalue weighted by atomic mass is 16.3. The van der Waals surface area contributed by atoms with Crippen LogP contribution in [0.3, 0.4) is 0 Å². The van der Waals surface area contributed by atoms with Crippen molar-refractivity contribution in [2.24, 2.45) is 0 Å². The number of aliphatic hydroxyl groups is 1. The third-order valence-corrected chi connectivity index (χ3v) is 5.47. The van der Waals surface area contributed by atoms with Crippen molar-refractivity contribution < 1.29 is 9.90 Å². The summed E-state index contributed by atoms with van der Waals surface area (Å²) in [5, 5.41) is 13.4. The van der Waals surface area contributed by atoms with Crippen LogP contribution in [0.1, 0.15) is 30.1 Å². The van der Waals surface area contributed by atoms with E-state index in [1.165, 1.54) is 5.56 Å². The number of β-amino-alcohol motifs (C(OH)–C–C–N with tert-alkyl or cyclic N) is 1. The molecule has 2 aromatic rings. The number of likely N-dealkylation sites (tertiary alicyclic amines) is 1. The van der Waals surface area contributed by atoms with Crippen LogP contribution in [-0.2, 0) is 6.54 Å². The topological polar surface area (TPSA) is 55.8 Å². The number of aliphatic hydroxyl groups excluding tert-OH is 1. The lowest BCUT2D eigenvalue weighted by molar-refractivity contribution is 0.0747. The van der Waals surface area contributed by atoms with Gasteiger partial charge in [0.1, 0.15) is 0 Å². The number of fused-ring (bicyclic) bond motifs is 1. The molecule has 26 heavy (non-hydrogen) atoms. The highest BCUT2D eigenvalue weighted by Crippen LogP contribution is 2.28. The van der Waals surface area contributed by atoms with Gasteiger partial charge in [-0.25, -0.2) is 4.79 Å². The minimum absolute atomic E-state index is 0.00599. The monoisotopic (exact) mass is 351 g/mol. The zero-order valence-corrected chi connectivity index (χ0v) is 14.8. The molecule has 2 heterocycles. The molecule has 1 saturated heterocycles. The van der Waals surface area contributed by atoms with Crippen molar-refractivity contribution in [3.63, 3.8) is 0 Å². The van der Waals surface area contributed by atoms with Gasteiger partial charge in [0.25, 0.3) is 0 Å². The van der Waals surface area contributed by atoms with E-state index in [1.54, 1.807) is 0 Å². The number of hydrogen-bond donors (Lipinski definition) is 2. The van der Waals surface area contributed by atoms with Crippen LogP contribution in [-0.4, -0.2) is 46.6 Å². The van der Waals surface area contributed by atoms with Crippen molar-refractivity contribution in [3.8, 4) is 0 Å². The Labute approximate surface area is 154 Å². The predicted octanol–water partition coefficient (Wildman–Crippen LogP) is 3.23. The van der Waals surface area contributed by atoms with Crippen LogP contribution >= 0.6 is 0 Å². The Balaban J connectivity index is 1.33. The highest BCUT2D eigenvalue weighted by Gasteiger charge is 2.31. The number of carbonyl (C=O) groups is 1. The predicted molar refractivity (Wildman–Crippen MR) is 102 cm³/mol. The van der Waals surface area contributed by atoms with Crippen molar-refractivity contribution in [1.82, 2.24) is 9.80 Å². The number of nitrogens with one attached hydrogen (secondary N) is 1. The fraction of sp³-hybridized carbons (Fsp3) is 0.381. The summed E-state index contributed by atoms with van der Waals surface area (Å²) in [4.78, 5) is 16.7. The van der Waals surface area contributed by atoms with E-state index in [0.29, 0.717) is 13.1 Å². The molecule has 2 aliphatic rings. The quantitative estimate of drug-likeness (QED) is 0.889. The zero-order chi connectivity index (χ0) is 17.9. The number of amides is 2. The molecule has 0 spiro atoms. The van der Waals surface area contributed by atoms with Crippen LogP contribution in [0, 0.1) is 0 Å². The largest absolute Gasteiger partial charge is 0.387 e. The van der Waals surface area contributed by atoms with Crippen molar-refractivity contribution in [2.45, 2.75) is 31.5 Å². The number of para-hydroxylation sites is 1. The molecule has 0 radical (unpaired) electrons. The Hall–Kier alpha value is -2.37. The number of nitrogens with zero attached hydrogens (tertiary/aromatic N) is 2. The summed E-state index contributed by atoms with van der Waals surface area (Å²) in [7, 11) is 0. The van der Waals surface area contributed by atoms with Crippen LogP contribution < -0.4 is 5.32 Å². The van der Waals surface area contributed by atoms with Crippen molar-refractivity contribution in [2.75, 3.05) is 25.0 Å². The molecule has 5 heteroatoms. The fourth-order valence-corrected chi connectivity index (χ4v) is 3.96. The summed E-state index contributed by atoms with van der Waals surface area (Å²) in [5.74, 6) is 0. The summed E-state index contributed by atoms with van der Waals surface area (Å²) in [6.45, 7) is 3.13. The fourth-order valence-electron chi connectivity index (χ4n) is 3.96. The average molecular weight is 351 g/mol. The Morgan fingerprint density at radius 2 is 1.73 bits per heavy atom. The van der Waals surface area contributed by atoms with Gasteiger partial charge >= 0.3 is 6.03 Å². The van der Waals surface area contributed by atoms with E-state index in [1.807, 2.05) is 53.4 Å². The molecule has 1 fully saturated rings. The molecule has 2 amide bonds. The van der Waals surface area contributed by atoms with Gasteiger partial charge in [-0.1, -0.05) is 48.5 Å². The molecule has 0 aliphatic carbocycles. The molecule has 0 bridgehead atoms. The standard InChI is InChI=1S/C21H25N3O2/c25-20(16-6-2-1-3-7-16)15-23-12-10-18(11-13-23)24-14-17-8-4-5-9-19(17)22-21(24)26/h1-9,18,20,25H,10-15H2,(H,22,26)/t20-/m0/s1. The first-order valence-electron chi connectivity index (χ1n) is 9.31. The van der Waals surface area contributed by atoms with Crippen molar-refractivity contribution >= 4 is 11.7 Å². The Bertz CT molecular complexity index is 757. The molecule has 2 aromatic carbocycles. The van der Waals surface area contributed by atoms with E-state index in [0.717, 1.165) is 37.2 Å². The van der Waals surface area contributed by atoms with Gasteiger partial charge in [-0.05, 0) is 30.0 Å². The minimum atomic E-state index is -0.460. The van der Waals surface area contributed by atoms with E-state index < -0.39 is 6.10 Å². The first kappa shape index (κ1) is 17.1. The second-order valence-corrected chi connectivity index (χ2v) is 7.17. The number of piperidine rings is 1. The van der Waals surface area contributed by atoms with Gasteiger partial charge in [-0.2, -0.15) is 0 Å². The molecule has 2 aliphatic heterocycles. The third-order valence-electron chi connectivity index (χ3n) is 5.47. The molecule has 4 rings (SSSR count). The zero-order valence-electron chi connectivity index (χ0n) is 14.8. The number of rotatable bonds is 4. The van der Waals surface area contributed by atoms with Crippen LogP contribution in [0.4, 0.5) is 10.5 Å². The van der Waals surface area contributed by atoms with Gasteiger partial charge in [0.2, 0.25) is 0 Å². The molecule has 0 saturated carbocycles. The summed E-state index contributed by atoms with van der Waals surface area (Å²) in [6.07, 6.45) is 1.42. The maximum absolute atomic E-state index is 12.5. The SMILES string of the molecule is O=C1Nc2ccccc2CN1C1CCN(C[C@H](O)c2ccccc2)CC1. The van der Waals surface area contributed by atoms with Crippen LogP contribution in [0.15, 0.2) is 54.6 Å². The molecule has 5 nitrogen and oxygen atoms in total. The van der Waals surface area contributed by atoms with Crippen LogP contribution in [0.5, 0.6) is 0 Å². The van der Waals surface area contributed by atoms with Crippen LogP contribution in [0.2, 0.25) is 0 Å². The van der Waals surface area contributed by atoms with Gasteiger partial charge in [0.05, 0.1) is 6.10 Å². The van der Waals surface area contributed by atoms with Crippen molar-refractivity contribution in [3.05, 3.63) is 65.7 Å². The van der Waals surface area contributed by atoms with Crippen molar-refractivity contribution in [1.29, 1.82) is 0 Å². The van der Waals surface area contributed by atoms with E-state index in [2.05, 4.69) is 16.3 Å². The first-order chi connectivity index (χ1) is 12.7. The first-order valence-corrected chi connectivity index (χ1v) is 9.31. The second-order valence-electron chi connectivity index (χ2n) is 7.17. The molecule has 136 valence electrons. The van der Waals surface area contributed by atoms with E-state index >= 15 is 0 Å². The summed E-state index contributed by atoms with van der Waals surface area (Å²) in [6, 6.07) is 18.1. The number of hydrogen-bond acceptors (Lipinski definition) is 3. The lowest BCUT2D eigenvalue weighted by Crippen LogP contribution is -2.50. The third kappa shape index (κ3) is 3.59. The van der Waals surface area contributed by atoms with E-state index in [9.17, 15) is 9.90 Å². The molecular formula is C21H25N3O2. The lowest BCUT2D eigenvalue weighted by atomic mass is 10.00. The van der Waals surface area contributed by atoms with Gasteiger partial charge < -0.3 is 20.2 Å². The lowest BCUT2D eigenvalue weighted by Gasteiger charge is -2.41. The average Bonchev–Trinajstić information content (AvgIpc) is 2.69. The van der Waals surface area contributed by atoms with E-state index in [-0.39, 0.29) is 12.1 Å². The number of urea groups is 1. The molecule has 0 aromatic heterocycles. The van der Waals surface area contributed by atoms with Gasteiger partial charge in [0, 0.05) is 37.9 Å². The Kier molecular flexibility index (Phi) is 4.91. The molecule has 2 N–H and O–H groups in total. The molecule has 1 atom stereocenters. The molecular weight excluding hydrogens is 326 g/mol. The van der Waals surface area contributed by atoms with Gasteiger partial charge in [0.15, 0.2) is 0 Å². The maximum atomic E-state index is 12.5. The van der Waals surface area contributed by atoms with Crippen LogP contribution in [0.25, 0.3) is 0 Å². The van der Waals surface area contributed by atoms with Gasteiger partial charge in [-0.15, -0.1) is 0 Å². The minimum Gasteiger partial charge on any atom is -0.387 e. The van der Waals surface area contributed by atoms with Gasteiger partial charge in [-0.3, -0.25) is 0 Å². The number of anilines is 1. The summed E-state index contributed by atoms with van der Waals surface area (Å²) < 4.78 is 0. The Morgan fingerprint density at radius 3 is 2.50 bits per heavy atom. The molecule has 0 unspecified atom stereocenters. The summed E-state index contributed by atoms with van der Waals surface area (Å²) >= 11 is 0. The number of carbonyl (C=O) groups excluding carboxylic acids is 1. The highest BCUT2D eigenvalue weighted by molar-refractivity contribution is 5.92.